The lowest BCUT2D eigenvalue weighted by Crippen LogP contribution is -2.48. The first-order valence-electron chi connectivity index (χ1n) is 6.15. The summed E-state index contributed by atoms with van der Waals surface area (Å²) in [4.78, 5) is 0. The molecule has 3 nitrogen and oxygen atoms in total. The molecule has 0 radical (unpaired) electrons. The number of nitrogens with one attached hydrogen (secondary N) is 1. The molecule has 0 aliphatic heterocycles. The Kier molecular flexibility index (Phi) is 6.53. The molecule has 16 heavy (non-hydrogen) atoms. The summed E-state index contributed by atoms with van der Waals surface area (Å²) >= 11 is 0. The minimum Gasteiger partial charge on any atom is -0.379 e. The highest BCUT2D eigenvalue weighted by atomic mass is 16.5. The van der Waals surface area contributed by atoms with E-state index in [0.29, 0.717) is 6.04 Å². The zero-order valence-corrected chi connectivity index (χ0v) is 12.0. The lowest BCUT2D eigenvalue weighted by molar-refractivity contribution is -0.0479. The van der Waals surface area contributed by atoms with E-state index in [9.17, 15) is 0 Å². The molecule has 0 saturated carbocycles. The molecule has 1 atom stereocenters. The normalized spacial score (nSPS) is 15.2. The number of ether oxygens (including phenoxy) is 2. The van der Waals surface area contributed by atoms with E-state index in [1.54, 1.807) is 7.11 Å². The van der Waals surface area contributed by atoms with E-state index in [2.05, 4.69) is 33.0 Å². The highest BCUT2D eigenvalue weighted by Crippen LogP contribution is 2.23. The van der Waals surface area contributed by atoms with Crippen LogP contribution in [0.1, 0.15) is 47.5 Å². The summed E-state index contributed by atoms with van der Waals surface area (Å²) in [5.41, 5.74) is -0.190. The number of likely N-dealkylation sites (N-methyl/N-ethyl adjacent to an activating group) is 1. The third-order valence-corrected chi connectivity index (χ3v) is 3.29. The van der Waals surface area contributed by atoms with Crippen molar-refractivity contribution in [1.29, 1.82) is 0 Å². The summed E-state index contributed by atoms with van der Waals surface area (Å²) < 4.78 is 11.2. The van der Waals surface area contributed by atoms with Crippen molar-refractivity contribution in [2.75, 3.05) is 20.8 Å². The van der Waals surface area contributed by atoms with Crippen molar-refractivity contribution in [3.8, 4) is 0 Å². The van der Waals surface area contributed by atoms with Gasteiger partial charge in [0.2, 0.25) is 0 Å². The summed E-state index contributed by atoms with van der Waals surface area (Å²) in [5.74, 6) is 0. The Morgan fingerprint density at radius 1 is 1.19 bits per heavy atom. The molecule has 0 aromatic rings. The Morgan fingerprint density at radius 2 is 1.75 bits per heavy atom. The standard InChI is InChI=1S/C13H29NO2/c1-8-16-13(4,5)11(14-6)9-10-12(2,3)15-7/h11,14H,8-10H2,1-7H3. The maximum absolute atomic E-state index is 5.78. The SMILES string of the molecule is CCOC(C)(C)C(CCC(C)(C)OC)NC. The van der Waals surface area contributed by atoms with Gasteiger partial charge in [0.25, 0.3) is 0 Å². The van der Waals surface area contributed by atoms with Crippen LogP contribution in [0.3, 0.4) is 0 Å². The Bertz CT molecular complexity index is 190. The van der Waals surface area contributed by atoms with E-state index >= 15 is 0 Å². The smallest absolute Gasteiger partial charge is 0.0778 e. The number of rotatable bonds is 8. The van der Waals surface area contributed by atoms with E-state index in [1.807, 2.05) is 14.0 Å². The molecule has 0 spiro atoms. The van der Waals surface area contributed by atoms with Gasteiger partial charge in [0.15, 0.2) is 0 Å². The van der Waals surface area contributed by atoms with Crippen LogP contribution < -0.4 is 5.32 Å². The summed E-state index contributed by atoms with van der Waals surface area (Å²) in [6, 6.07) is 0.349. The van der Waals surface area contributed by atoms with Crippen LogP contribution in [0.15, 0.2) is 0 Å². The second-order valence-electron chi connectivity index (χ2n) is 5.38. The summed E-state index contributed by atoms with van der Waals surface area (Å²) in [6.45, 7) is 11.3. The van der Waals surface area contributed by atoms with E-state index in [4.69, 9.17) is 9.47 Å². The molecule has 0 amide bonds. The fourth-order valence-electron chi connectivity index (χ4n) is 1.91. The van der Waals surface area contributed by atoms with Gasteiger partial charge < -0.3 is 14.8 Å². The van der Waals surface area contributed by atoms with Crippen LogP contribution in [0.4, 0.5) is 0 Å². The Balaban J connectivity index is 4.30. The minimum atomic E-state index is -0.132. The van der Waals surface area contributed by atoms with Crippen LogP contribution in [-0.2, 0) is 9.47 Å². The first kappa shape index (κ1) is 15.9. The van der Waals surface area contributed by atoms with Crippen LogP contribution in [-0.4, -0.2) is 38.0 Å². The van der Waals surface area contributed by atoms with Crippen LogP contribution >= 0.6 is 0 Å². The summed E-state index contributed by atoms with van der Waals surface area (Å²) in [6.07, 6.45) is 2.07. The van der Waals surface area contributed by atoms with E-state index in [-0.39, 0.29) is 11.2 Å². The van der Waals surface area contributed by atoms with Gasteiger partial charge in [-0.3, -0.25) is 0 Å². The summed E-state index contributed by atoms with van der Waals surface area (Å²) in [5, 5.41) is 3.34. The molecule has 0 aromatic carbocycles. The van der Waals surface area contributed by atoms with Gasteiger partial charge in [-0.1, -0.05) is 0 Å². The lowest BCUT2D eigenvalue weighted by Gasteiger charge is -2.36. The van der Waals surface area contributed by atoms with Crippen molar-refractivity contribution in [3.63, 3.8) is 0 Å². The molecule has 0 aliphatic carbocycles. The van der Waals surface area contributed by atoms with Crippen LogP contribution in [0.25, 0.3) is 0 Å². The predicted octanol–water partition coefficient (Wildman–Crippen LogP) is 2.59. The van der Waals surface area contributed by atoms with Gasteiger partial charge >= 0.3 is 0 Å². The maximum Gasteiger partial charge on any atom is 0.0778 e. The monoisotopic (exact) mass is 231 g/mol. The zero-order valence-electron chi connectivity index (χ0n) is 12.0. The van der Waals surface area contributed by atoms with Crippen molar-refractivity contribution < 1.29 is 9.47 Å². The fourth-order valence-corrected chi connectivity index (χ4v) is 1.91. The fraction of sp³-hybridized carbons (Fsp3) is 1.00. The van der Waals surface area contributed by atoms with Gasteiger partial charge in [-0.15, -0.1) is 0 Å². The maximum atomic E-state index is 5.78. The first-order valence-corrected chi connectivity index (χ1v) is 6.15. The molecule has 0 fully saturated rings. The van der Waals surface area contributed by atoms with Crippen LogP contribution in [0, 0.1) is 0 Å². The molecule has 0 heterocycles. The van der Waals surface area contributed by atoms with Crippen molar-refractivity contribution in [3.05, 3.63) is 0 Å². The predicted molar refractivity (Wildman–Crippen MR) is 68.9 cm³/mol. The van der Waals surface area contributed by atoms with Crippen molar-refractivity contribution in [2.45, 2.75) is 64.7 Å². The zero-order chi connectivity index (χ0) is 12.8. The number of hydrogen-bond acceptors (Lipinski definition) is 3. The molecule has 1 N–H and O–H groups in total. The molecule has 0 bridgehead atoms. The van der Waals surface area contributed by atoms with Crippen LogP contribution in [0.5, 0.6) is 0 Å². The number of methoxy groups -OCH3 is 1. The second kappa shape index (κ2) is 6.58. The van der Waals surface area contributed by atoms with Crippen molar-refractivity contribution >= 4 is 0 Å². The molecule has 1 unspecified atom stereocenters. The van der Waals surface area contributed by atoms with E-state index in [0.717, 1.165) is 19.4 Å². The van der Waals surface area contributed by atoms with Gasteiger partial charge in [-0.2, -0.15) is 0 Å². The lowest BCUT2D eigenvalue weighted by atomic mass is 9.90. The Hall–Kier alpha value is -0.120. The van der Waals surface area contributed by atoms with E-state index in [1.165, 1.54) is 0 Å². The second-order valence-corrected chi connectivity index (χ2v) is 5.38. The molecular formula is C13H29NO2. The quantitative estimate of drug-likeness (QED) is 0.696. The molecule has 0 rings (SSSR count). The molecule has 98 valence electrons. The average Bonchev–Trinajstić information content (AvgIpc) is 2.18. The van der Waals surface area contributed by atoms with Crippen LogP contribution in [0.2, 0.25) is 0 Å². The van der Waals surface area contributed by atoms with Gasteiger partial charge in [0.05, 0.1) is 11.2 Å². The largest absolute Gasteiger partial charge is 0.379 e. The third-order valence-electron chi connectivity index (χ3n) is 3.29. The van der Waals surface area contributed by atoms with Gasteiger partial charge in [-0.25, -0.2) is 0 Å². The Morgan fingerprint density at radius 3 is 2.12 bits per heavy atom. The number of hydrogen-bond donors (Lipinski definition) is 1. The molecule has 0 saturated heterocycles. The highest BCUT2D eigenvalue weighted by molar-refractivity contribution is 4.86. The molecular weight excluding hydrogens is 202 g/mol. The average molecular weight is 231 g/mol. The summed E-state index contributed by atoms with van der Waals surface area (Å²) in [7, 11) is 3.76. The Labute approximate surface area is 101 Å². The minimum absolute atomic E-state index is 0.0581. The topological polar surface area (TPSA) is 30.5 Å². The van der Waals surface area contributed by atoms with Gasteiger partial charge in [0.1, 0.15) is 0 Å². The molecule has 0 aliphatic rings. The third kappa shape index (κ3) is 5.28. The van der Waals surface area contributed by atoms with Gasteiger partial charge in [-0.05, 0) is 54.5 Å². The van der Waals surface area contributed by atoms with Crippen molar-refractivity contribution in [2.24, 2.45) is 0 Å². The molecule has 3 heteroatoms. The first-order chi connectivity index (χ1) is 7.29. The van der Waals surface area contributed by atoms with Gasteiger partial charge in [0, 0.05) is 19.8 Å². The molecule has 0 aromatic heterocycles. The van der Waals surface area contributed by atoms with Crippen molar-refractivity contribution in [1.82, 2.24) is 5.32 Å². The van der Waals surface area contributed by atoms with E-state index < -0.39 is 0 Å². The highest BCUT2D eigenvalue weighted by Gasteiger charge is 2.30.